The Morgan fingerprint density at radius 3 is 1.86 bits per heavy atom. The van der Waals surface area contributed by atoms with Gasteiger partial charge in [0.1, 0.15) is 5.75 Å². The van der Waals surface area contributed by atoms with Crippen LogP contribution in [-0.4, -0.2) is 20.0 Å². The predicted octanol–water partition coefficient (Wildman–Crippen LogP) is 5.80. The highest BCUT2D eigenvalue weighted by atomic mass is 32.2. The molecule has 0 saturated heterocycles. The van der Waals surface area contributed by atoms with Crippen LogP contribution in [0.25, 0.3) is 0 Å². The summed E-state index contributed by atoms with van der Waals surface area (Å²) in [6.07, 6.45) is 0. The Labute approximate surface area is 205 Å². The van der Waals surface area contributed by atoms with Crippen LogP contribution in [0.5, 0.6) is 5.75 Å². The maximum Gasteiger partial charge on any atom is 0.276 e. The van der Waals surface area contributed by atoms with Gasteiger partial charge in [0.05, 0.1) is 10.6 Å². The summed E-state index contributed by atoms with van der Waals surface area (Å²) >= 11 is 0. The van der Waals surface area contributed by atoms with Crippen LogP contribution in [0.1, 0.15) is 16.7 Å². The van der Waals surface area contributed by atoms with Crippen molar-refractivity contribution in [3.63, 3.8) is 0 Å². The van der Waals surface area contributed by atoms with E-state index in [0.717, 1.165) is 11.1 Å². The van der Waals surface area contributed by atoms with Gasteiger partial charge in [0.25, 0.3) is 10.0 Å². The maximum absolute atomic E-state index is 13.0. The number of aryl methyl sites for hydroxylation is 2. The van der Waals surface area contributed by atoms with Gasteiger partial charge in [-0.3, -0.25) is 0 Å². The third-order valence-corrected chi connectivity index (χ3v) is 6.31. The average Bonchev–Trinajstić information content (AvgIpc) is 2.86. The van der Waals surface area contributed by atoms with Gasteiger partial charge in [0.2, 0.25) is 5.90 Å². The molecule has 0 amide bonds. The van der Waals surface area contributed by atoms with Crippen LogP contribution >= 0.6 is 0 Å². The van der Waals surface area contributed by atoms with E-state index < -0.39 is 10.0 Å². The molecule has 1 N–H and O–H groups in total. The van der Waals surface area contributed by atoms with Crippen LogP contribution in [0.3, 0.4) is 0 Å². The molecule has 0 aromatic heterocycles. The van der Waals surface area contributed by atoms with Crippen molar-refractivity contribution in [3.05, 3.63) is 126 Å². The first-order valence-corrected chi connectivity index (χ1v) is 12.5. The van der Waals surface area contributed by atoms with Crippen molar-refractivity contribution in [3.8, 4) is 5.75 Å². The molecule has 176 valence electrons. The summed E-state index contributed by atoms with van der Waals surface area (Å²) in [5.74, 6) is 0.696. The molecule has 0 aliphatic carbocycles. The number of aliphatic imine (C=N–C) groups is 1. The molecule has 35 heavy (non-hydrogen) atoms. The van der Waals surface area contributed by atoms with Crippen molar-refractivity contribution in [1.82, 2.24) is 4.83 Å². The summed E-state index contributed by atoms with van der Waals surface area (Å²) in [5.41, 5.74) is 3.54. The van der Waals surface area contributed by atoms with Gasteiger partial charge in [-0.2, -0.15) is 18.4 Å². The van der Waals surface area contributed by atoms with Crippen molar-refractivity contribution >= 4 is 27.3 Å². The molecule has 0 heterocycles. The monoisotopic (exact) mass is 483 g/mol. The average molecular weight is 484 g/mol. The number of ether oxygens (including phenoxy) is 1. The number of hydrogen-bond acceptors (Lipinski definition) is 5. The largest absolute Gasteiger partial charge is 0.437 e. The van der Waals surface area contributed by atoms with E-state index in [1.165, 1.54) is 12.1 Å². The predicted molar refractivity (Wildman–Crippen MR) is 140 cm³/mol. The fourth-order valence-corrected chi connectivity index (χ4v) is 3.98. The molecule has 0 fully saturated rings. The number of para-hydroxylation sites is 2. The first-order valence-electron chi connectivity index (χ1n) is 11.0. The zero-order valence-electron chi connectivity index (χ0n) is 19.4. The summed E-state index contributed by atoms with van der Waals surface area (Å²) in [7, 11) is -3.92. The Morgan fingerprint density at radius 2 is 1.26 bits per heavy atom. The first-order chi connectivity index (χ1) is 16.9. The lowest BCUT2D eigenvalue weighted by molar-refractivity contribution is 0.560. The zero-order chi connectivity index (χ0) is 24.7. The molecule has 7 heteroatoms. The van der Waals surface area contributed by atoms with Crippen LogP contribution in [0, 0.1) is 13.8 Å². The van der Waals surface area contributed by atoms with Crippen LogP contribution < -0.4 is 9.57 Å². The third-order valence-electron chi connectivity index (χ3n) is 5.08. The molecule has 6 nitrogen and oxygen atoms in total. The van der Waals surface area contributed by atoms with Gasteiger partial charge >= 0.3 is 0 Å². The van der Waals surface area contributed by atoms with Gasteiger partial charge in [-0.15, -0.1) is 0 Å². The standard InChI is InChI=1S/C28H25N3O3S/c1-21-13-17-23(18-14-21)27(30-31-35(32,33)26-19-15-22(2)16-20-26)28(29-24-9-5-3-6-10-24)34-25-11-7-4-8-12-25/h3-20,31H,1-2H3. The minimum atomic E-state index is -3.92. The summed E-state index contributed by atoms with van der Waals surface area (Å²) < 4.78 is 32.1. The van der Waals surface area contributed by atoms with E-state index in [1.807, 2.05) is 86.6 Å². The van der Waals surface area contributed by atoms with Crippen LogP contribution in [0.2, 0.25) is 0 Å². The first kappa shape index (κ1) is 23.9. The highest BCUT2D eigenvalue weighted by molar-refractivity contribution is 7.89. The van der Waals surface area contributed by atoms with Gasteiger partial charge in [-0.1, -0.05) is 83.9 Å². The molecular formula is C28H25N3O3S. The second-order valence-electron chi connectivity index (χ2n) is 7.90. The van der Waals surface area contributed by atoms with Crippen molar-refractivity contribution in [2.24, 2.45) is 10.1 Å². The second-order valence-corrected chi connectivity index (χ2v) is 9.56. The topological polar surface area (TPSA) is 80.1 Å². The fourth-order valence-electron chi connectivity index (χ4n) is 3.17. The molecule has 0 spiro atoms. The number of rotatable bonds is 7. The number of benzene rings is 4. The van der Waals surface area contributed by atoms with Crippen molar-refractivity contribution in [2.45, 2.75) is 18.7 Å². The molecule has 0 aliphatic heterocycles. The van der Waals surface area contributed by atoms with Gasteiger partial charge in [-0.25, -0.2) is 4.99 Å². The van der Waals surface area contributed by atoms with E-state index in [9.17, 15) is 8.42 Å². The number of nitrogens with one attached hydrogen (secondary N) is 1. The van der Waals surface area contributed by atoms with Gasteiger partial charge in [0.15, 0.2) is 5.71 Å². The number of hydrogen-bond donors (Lipinski definition) is 1. The van der Waals surface area contributed by atoms with E-state index in [2.05, 4.69) is 14.9 Å². The van der Waals surface area contributed by atoms with Crippen molar-refractivity contribution in [1.29, 1.82) is 0 Å². The second kappa shape index (κ2) is 10.8. The molecule has 0 bridgehead atoms. The van der Waals surface area contributed by atoms with Gasteiger partial charge in [0, 0.05) is 5.56 Å². The van der Waals surface area contributed by atoms with Crippen molar-refractivity contribution in [2.75, 3.05) is 0 Å². The molecule has 0 radical (unpaired) electrons. The molecule has 0 unspecified atom stereocenters. The Balaban J connectivity index is 1.81. The van der Waals surface area contributed by atoms with Crippen LogP contribution in [0.4, 0.5) is 5.69 Å². The molecule has 4 aromatic rings. The Bertz CT molecular complexity index is 1430. The lowest BCUT2D eigenvalue weighted by Gasteiger charge is -2.13. The molecular weight excluding hydrogens is 458 g/mol. The van der Waals surface area contributed by atoms with Gasteiger partial charge in [-0.05, 0) is 50.2 Å². The van der Waals surface area contributed by atoms with E-state index in [0.29, 0.717) is 17.0 Å². The minimum Gasteiger partial charge on any atom is -0.437 e. The lowest BCUT2D eigenvalue weighted by Crippen LogP contribution is -2.27. The normalized spacial score (nSPS) is 12.3. The highest BCUT2D eigenvalue weighted by Gasteiger charge is 2.19. The smallest absolute Gasteiger partial charge is 0.276 e. The van der Waals surface area contributed by atoms with Crippen LogP contribution in [0.15, 0.2) is 124 Å². The van der Waals surface area contributed by atoms with E-state index in [4.69, 9.17) is 4.74 Å². The Kier molecular flexibility index (Phi) is 7.38. The molecule has 0 aliphatic rings. The fraction of sp³-hybridized carbons (Fsp3) is 0.0714. The Morgan fingerprint density at radius 1 is 0.714 bits per heavy atom. The lowest BCUT2D eigenvalue weighted by atomic mass is 10.1. The van der Waals surface area contributed by atoms with E-state index in [1.54, 1.807) is 24.3 Å². The minimum absolute atomic E-state index is 0.112. The molecule has 0 saturated carbocycles. The summed E-state index contributed by atoms with van der Waals surface area (Å²) in [4.78, 5) is 7.14. The maximum atomic E-state index is 13.0. The third kappa shape index (κ3) is 6.43. The summed E-state index contributed by atoms with van der Waals surface area (Å²) in [6.45, 7) is 3.87. The quantitative estimate of drug-likeness (QED) is 0.205. The van der Waals surface area contributed by atoms with Crippen LogP contribution in [-0.2, 0) is 10.0 Å². The highest BCUT2D eigenvalue weighted by Crippen LogP contribution is 2.18. The number of hydrazone groups is 1. The van der Waals surface area contributed by atoms with E-state index >= 15 is 0 Å². The van der Waals surface area contributed by atoms with Gasteiger partial charge < -0.3 is 4.74 Å². The zero-order valence-corrected chi connectivity index (χ0v) is 20.2. The molecule has 0 atom stereocenters. The summed E-state index contributed by atoms with van der Waals surface area (Å²) in [5, 5.41) is 4.31. The Hall–Kier alpha value is -4.23. The molecule has 4 rings (SSSR count). The van der Waals surface area contributed by atoms with Crippen molar-refractivity contribution < 1.29 is 13.2 Å². The number of nitrogens with zero attached hydrogens (tertiary/aromatic N) is 2. The molecule has 4 aromatic carbocycles. The van der Waals surface area contributed by atoms with E-state index in [-0.39, 0.29) is 16.5 Å². The number of sulfonamides is 1. The SMILES string of the molecule is Cc1ccc(C(=NNS(=O)(=O)c2ccc(C)cc2)C(=Nc2ccccc2)Oc2ccccc2)cc1. The summed E-state index contributed by atoms with van der Waals surface area (Å²) in [6, 6.07) is 32.5.